The zero-order chi connectivity index (χ0) is 9.80. The second-order valence-electron chi connectivity index (χ2n) is 4.08. The van der Waals surface area contributed by atoms with Gasteiger partial charge in [0.1, 0.15) is 0 Å². The molecule has 4 heteroatoms. The molecule has 2 fully saturated rings. The zero-order valence-electron chi connectivity index (χ0n) is 8.42. The third-order valence-corrected chi connectivity index (χ3v) is 3.90. The lowest BCUT2D eigenvalue weighted by atomic mass is 10.2. The first kappa shape index (κ1) is 10.3. The van der Waals surface area contributed by atoms with Crippen LogP contribution in [0.5, 0.6) is 0 Å². The van der Waals surface area contributed by atoms with Crippen LogP contribution >= 0.6 is 11.8 Å². The molecule has 80 valence electrons. The van der Waals surface area contributed by atoms with E-state index < -0.39 is 0 Å². The van der Waals surface area contributed by atoms with Crippen LogP contribution in [0.2, 0.25) is 0 Å². The summed E-state index contributed by atoms with van der Waals surface area (Å²) in [5, 5.41) is 6.42. The maximum atomic E-state index is 11.3. The van der Waals surface area contributed by atoms with Crippen molar-refractivity contribution in [1.82, 2.24) is 10.6 Å². The Morgan fingerprint density at radius 3 is 2.79 bits per heavy atom. The number of hydrogen-bond donors (Lipinski definition) is 2. The van der Waals surface area contributed by atoms with Crippen molar-refractivity contribution in [3.8, 4) is 0 Å². The number of nitrogens with one attached hydrogen (secondary N) is 2. The summed E-state index contributed by atoms with van der Waals surface area (Å²) in [7, 11) is 0. The van der Waals surface area contributed by atoms with Crippen molar-refractivity contribution in [2.45, 2.75) is 25.3 Å². The van der Waals surface area contributed by atoms with Crippen LogP contribution in [0.4, 0.5) is 0 Å². The van der Waals surface area contributed by atoms with Gasteiger partial charge in [0.05, 0.1) is 0 Å². The first-order valence-corrected chi connectivity index (χ1v) is 6.60. The summed E-state index contributed by atoms with van der Waals surface area (Å²) in [5.74, 6) is 3.12. The molecule has 1 amide bonds. The van der Waals surface area contributed by atoms with Crippen LogP contribution in [0, 0.1) is 5.92 Å². The molecule has 1 aliphatic carbocycles. The van der Waals surface area contributed by atoms with Crippen LogP contribution < -0.4 is 10.6 Å². The van der Waals surface area contributed by atoms with Gasteiger partial charge in [-0.1, -0.05) is 0 Å². The molecule has 2 rings (SSSR count). The van der Waals surface area contributed by atoms with Crippen molar-refractivity contribution in [2.75, 3.05) is 24.6 Å². The summed E-state index contributed by atoms with van der Waals surface area (Å²) in [5.41, 5.74) is 0. The van der Waals surface area contributed by atoms with Crippen LogP contribution in [-0.2, 0) is 4.79 Å². The van der Waals surface area contributed by atoms with E-state index in [4.69, 9.17) is 0 Å². The van der Waals surface area contributed by atoms with Gasteiger partial charge in [-0.2, -0.15) is 11.8 Å². The lowest BCUT2D eigenvalue weighted by Gasteiger charge is -2.11. The van der Waals surface area contributed by atoms with Crippen molar-refractivity contribution in [1.29, 1.82) is 0 Å². The molecule has 2 aliphatic rings. The molecule has 3 nitrogen and oxygen atoms in total. The van der Waals surface area contributed by atoms with E-state index in [1.165, 1.54) is 17.9 Å². The number of amides is 1. The fraction of sp³-hybridized carbons (Fsp3) is 0.900. The fourth-order valence-corrected chi connectivity index (χ4v) is 2.83. The molecular weight excluding hydrogens is 196 g/mol. The molecule has 0 aromatic heterocycles. The zero-order valence-corrected chi connectivity index (χ0v) is 9.24. The average molecular weight is 214 g/mol. The van der Waals surface area contributed by atoms with Crippen LogP contribution in [0.15, 0.2) is 0 Å². The van der Waals surface area contributed by atoms with E-state index in [1.54, 1.807) is 0 Å². The van der Waals surface area contributed by atoms with Crippen LogP contribution in [-0.4, -0.2) is 36.5 Å². The monoisotopic (exact) mass is 214 g/mol. The maximum absolute atomic E-state index is 11.3. The van der Waals surface area contributed by atoms with E-state index in [1.807, 2.05) is 11.8 Å². The largest absolute Gasteiger partial charge is 0.355 e. The quantitative estimate of drug-likeness (QED) is 0.659. The van der Waals surface area contributed by atoms with Gasteiger partial charge in [-0.15, -0.1) is 0 Å². The van der Waals surface area contributed by atoms with Gasteiger partial charge >= 0.3 is 0 Å². The lowest BCUT2D eigenvalue weighted by Crippen LogP contribution is -2.37. The first-order chi connectivity index (χ1) is 6.86. The highest BCUT2D eigenvalue weighted by Gasteiger charge is 2.29. The fourth-order valence-electron chi connectivity index (χ4n) is 1.65. The normalized spacial score (nSPS) is 26.4. The molecule has 1 heterocycles. The minimum absolute atomic E-state index is 0.257. The van der Waals surface area contributed by atoms with Gasteiger partial charge in [-0.05, 0) is 25.0 Å². The summed E-state index contributed by atoms with van der Waals surface area (Å²) in [6.45, 7) is 1.71. The second kappa shape index (κ2) is 5.03. The SMILES string of the molecule is O=C(NCCN[C@@H]1CCSC1)C1CC1. The Kier molecular flexibility index (Phi) is 3.70. The summed E-state index contributed by atoms with van der Waals surface area (Å²) >= 11 is 2.01. The van der Waals surface area contributed by atoms with E-state index in [0.717, 1.165) is 25.9 Å². The molecule has 1 saturated heterocycles. The van der Waals surface area contributed by atoms with Crippen LogP contribution in [0.25, 0.3) is 0 Å². The maximum Gasteiger partial charge on any atom is 0.223 e. The summed E-state index contributed by atoms with van der Waals surface area (Å²) in [6, 6.07) is 0.679. The molecule has 0 radical (unpaired) electrons. The Morgan fingerprint density at radius 1 is 1.29 bits per heavy atom. The van der Waals surface area contributed by atoms with Crippen molar-refractivity contribution in [2.24, 2.45) is 5.92 Å². The highest BCUT2D eigenvalue weighted by atomic mass is 32.2. The van der Waals surface area contributed by atoms with Gasteiger partial charge in [-0.3, -0.25) is 4.79 Å². The molecule has 2 N–H and O–H groups in total. The summed E-state index contributed by atoms with van der Waals surface area (Å²) in [4.78, 5) is 11.3. The molecule has 0 spiro atoms. The third-order valence-electron chi connectivity index (χ3n) is 2.74. The molecule has 1 aliphatic heterocycles. The molecule has 0 unspecified atom stereocenters. The predicted octanol–water partition coefficient (Wildman–Crippen LogP) is 0.608. The van der Waals surface area contributed by atoms with Gasteiger partial charge < -0.3 is 10.6 Å². The molecule has 1 saturated carbocycles. The molecule has 14 heavy (non-hydrogen) atoms. The highest BCUT2D eigenvalue weighted by molar-refractivity contribution is 7.99. The number of carbonyl (C=O) groups is 1. The van der Waals surface area contributed by atoms with Crippen molar-refractivity contribution in [3.05, 3.63) is 0 Å². The Bertz CT molecular complexity index is 200. The number of rotatable bonds is 5. The Hall–Kier alpha value is -0.220. The standard InChI is InChI=1S/C10H18N2OS/c13-10(8-1-2-8)12-5-4-11-9-3-6-14-7-9/h8-9,11H,1-7H2,(H,12,13)/t9-/m1/s1. The molecule has 0 aromatic rings. The van der Waals surface area contributed by atoms with E-state index >= 15 is 0 Å². The molecular formula is C10H18N2OS. The third kappa shape index (κ3) is 3.17. The molecule has 0 bridgehead atoms. The van der Waals surface area contributed by atoms with Crippen molar-refractivity contribution < 1.29 is 4.79 Å². The second-order valence-corrected chi connectivity index (χ2v) is 5.23. The lowest BCUT2D eigenvalue weighted by molar-refractivity contribution is -0.122. The van der Waals surface area contributed by atoms with E-state index in [-0.39, 0.29) is 5.91 Å². The van der Waals surface area contributed by atoms with Gasteiger partial charge in [0, 0.05) is 30.8 Å². The smallest absolute Gasteiger partial charge is 0.223 e. The number of hydrogen-bond acceptors (Lipinski definition) is 3. The predicted molar refractivity (Wildman–Crippen MR) is 59.5 cm³/mol. The minimum atomic E-state index is 0.257. The average Bonchev–Trinajstić information content (AvgIpc) is 2.92. The van der Waals surface area contributed by atoms with Gasteiger partial charge in [0.2, 0.25) is 5.91 Å². The summed E-state index contributed by atoms with van der Waals surface area (Å²) < 4.78 is 0. The Labute approximate surface area is 89.4 Å². The van der Waals surface area contributed by atoms with E-state index in [2.05, 4.69) is 10.6 Å². The topological polar surface area (TPSA) is 41.1 Å². The van der Waals surface area contributed by atoms with Gasteiger partial charge in [0.25, 0.3) is 0 Å². The highest BCUT2D eigenvalue weighted by Crippen LogP contribution is 2.28. The van der Waals surface area contributed by atoms with E-state index in [0.29, 0.717) is 12.0 Å². The summed E-state index contributed by atoms with van der Waals surface area (Å²) in [6.07, 6.45) is 3.47. The van der Waals surface area contributed by atoms with Crippen LogP contribution in [0.3, 0.4) is 0 Å². The van der Waals surface area contributed by atoms with Gasteiger partial charge in [0.15, 0.2) is 0 Å². The minimum Gasteiger partial charge on any atom is -0.355 e. The number of carbonyl (C=O) groups excluding carboxylic acids is 1. The Balaban J connectivity index is 1.48. The van der Waals surface area contributed by atoms with E-state index in [9.17, 15) is 4.79 Å². The number of thioether (sulfide) groups is 1. The molecule has 0 aromatic carbocycles. The van der Waals surface area contributed by atoms with Gasteiger partial charge in [-0.25, -0.2) is 0 Å². The molecule has 1 atom stereocenters. The van der Waals surface area contributed by atoms with Crippen molar-refractivity contribution in [3.63, 3.8) is 0 Å². The van der Waals surface area contributed by atoms with Crippen LogP contribution in [0.1, 0.15) is 19.3 Å². The first-order valence-electron chi connectivity index (χ1n) is 5.45. The van der Waals surface area contributed by atoms with Crippen molar-refractivity contribution >= 4 is 17.7 Å². The Morgan fingerprint density at radius 2 is 2.14 bits per heavy atom.